The molecular weight excluding hydrogens is 188 g/mol. The first-order valence-corrected chi connectivity index (χ1v) is 6.17. The Morgan fingerprint density at radius 2 is 2.00 bits per heavy atom. The summed E-state index contributed by atoms with van der Waals surface area (Å²) in [5.41, 5.74) is -0.0928. The predicted molar refractivity (Wildman–Crippen MR) is 60.4 cm³/mol. The number of ether oxygens (including phenoxy) is 1. The van der Waals surface area contributed by atoms with E-state index in [0.29, 0.717) is 0 Å². The topological polar surface area (TPSA) is 29.5 Å². The second-order valence-electron chi connectivity index (χ2n) is 5.25. The van der Waals surface area contributed by atoms with Crippen molar-refractivity contribution < 1.29 is 9.84 Å². The van der Waals surface area contributed by atoms with Crippen LogP contribution in [0.25, 0.3) is 0 Å². The molecule has 2 aliphatic rings. The SMILES string of the molecule is C=COC1(CCO)CC2CCCC(C2)C1. The highest BCUT2D eigenvalue weighted by atomic mass is 16.5. The third kappa shape index (κ3) is 2.36. The molecule has 0 spiro atoms. The highest BCUT2D eigenvalue weighted by Crippen LogP contribution is 2.47. The van der Waals surface area contributed by atoms with Gasteiger partial charge in [0.15, 0.2) is 0 Å². The minimum Gasteiger partial charge on any atom is -0.495 e. The summed E-state index contributed by atoms with van der Waals surface area (Å²) < 4.78 is 5.75. The Bertz CT molecular complexity index is 213. The summed E-state index contributed by atoms with van der Waals surface area (Å²) in [6.45, 7) is 3.90. The van der Waals surface area contributed by atoms with Crippen LogP contribution in [-0.2, 0) is 4.74 Å². The van der Waals surface area contributed by atoms with E-state index in [2.05, 4.69) is 6.58 Å². The Balaban J connectivity index is 2.07. The van der Waals surface area contributed by atoms with Crippen LogP contribution < -0.4 is 0 Å². The highest BCUT2D eigenvalue weighted by molar-refractivity contribution is 4.95. The maximum atomic E-state index is 9.16. The van der Waals surface area contributed by atoms with Crippen molar-refractivity contribution in [2.75, 3.05) is 6.61 Å². The Morgan fingerprint density at radius 3 is 2.53 bits per heavy atom. The van der Waals surface area contributed by atoms with Crippen LogP contribution in [0.5, 0.6) is 0 Å². The molecule has 2 heteroatoms. The third-order valence-corrected chi connectivity index (χ3v) is 4.11. The molecule has 0 aromatic heterocycles. The molecule has 0 saturated heterocycles. The Kier molecular flexibility index (Phi) is 3.35. The molecule has 1 N–H and O–H groups in total. The van der Waals surface area contributed by atoms with Crippen LogP contribution in [0.4, 0.5) is 0 Å². The first kappa shape index (κ1) is 11.0. The van der Waals surface area contributed by atoms with E-state index in [4.69, 9.17) is 9.84 Å². The van der Waals surface area contributed by atoms with E-state index < -0.39 is 0 Å². The van der Waals surface area contributed by atoms with E-state index in [0.717, 1.165) is 31.1 Å². The average molecular weight is 210 g/mol. The summed E-state index contributed by atoms with van der Waals surface area (Å²) in [7, 11) is 0. The number of aliphatic hydroxyl groups is 1. The molecule has 0 aromatic rings. The maximum absolute atomic E-state index is 9.16. The van der Waals surface area contributed by atoms with Crippen LogP contribution in [0, 0.1) is 11.8 Å². The van der Waals surface area contributed by atoms with Crippen LogP contribution in [0.1, 0.15) is 44.9 Å². The minimum atomic E-state index is -0.0928. The summed E-state index contributed by atoms with van der Waals surface area (Å²) >= 11 is 0. The van der Waals surface area contributed by atoms with Gasteiger partial charge in [-0.3, -0.25) is 0 Å². The van der Waals surface area contributed by atoms with Crippen molar-refractivity contribution in [3.8, 4) is 0 Å². The molecule has 2 aliphatic carbocycles. The molecular formula is C13H22O2. The van der Waals surface area contributed by atoms with Crippen molar-refractivity contribution in [1.29, 1.82) is 0 Å². The Morgan fingerprint density at radius 1 is 1.33 bits per heavy atom. The average Bonchev–Trinajstić information content (AvgIpc) is 2.17. The number of aliphatic hydroxyl groups excluding tert-OH is 1. The molecule has 2 saturated carbocycles. The molecule has 0 aromatic carbocycles. The van der Waals surface area contributed by atoms with E-state index in [9.17, 15) is 0 Å². The quantitative estimate of drug-likeness (QED) is 0.723. The van der Waals surface area contributed by atoms with Gasteiger partial charge in [0, 0.05) is 13.0 Å². The number of rotatable bonds is 4. The van der Waals surface area contributed by atoms with Crippen molar-refractivity contribution in [1.82, 2.24) is 0 Å². The normalized spacial score (nSPS) is 39.8. The molecule has 2 rings (SSSR count). The maximum Gasteiger partial charge on any atom is 0.111 e. The lowest BCUT2D eigenvalue weighted by atomic mass is 9.65. The fourth-order valence-electron chi connectivity index (χ4n) is 3.65. The van der Waals surface area contributed by atoms with Gasteiger partial charge in [-0.05, 0) is 31.1 Å². The molecule has 0 amide bonds. The molecule has 2 fully saturated rings. The van der Waals surface area contributed by atoms with Crippen LogP contribution in [0.3, 0.4) is 0 Å². The lowest BCUT2D eigenvalue weighted by Crippen LogP contribution is -2.43. The van der Waals surface area contributed by atoms with Gasteiger partial charge in [-0.1, -0.05) is 25.8 Å². The zero-order chi connectivity index (χ0) is 10.7. The largest absolute Gasteiger partial charge is 0.495 e. The van der Waals surface area contributed by atoms with Gasteiger partial charge in [0.05, 0.1) is 6.26 Å². The van der Waals surface area contributed by atoms with Crippen LogP contribution in [-0.4, -0.2) is 17.3 Å². The van der Waals surface area contributed by atoms with Crippen molar-refractivity contribution in [2.45, 2.75) is 50.5 Å². The molecule has 2 atom stereocenters. The second kappa shape index (κ2) is 4.56. The lowest BCUT2D eigenvalue weighted by Gasteiger charge is -2.46. The number of fused-ring (bicyclic) bond motifs is 2. The van der Waals surface area contributed by atoms with Crippen LogP contribution >= 0.6 is 0 Å². The van der Waals surface area contributed by atoms with Gasteiger partial charge in [-0.25, -0.2) is 0 Å². The molecule has 0 aliphatic heterocycles. The van der Waals surface area contributed by atoms with Crippen LogP contribution in [0.15, 0.2) is 12.8 Å². The zero-order valence-corrected chi connectivity index (χ0v) is 9.45. The van der Waals surface area contributed by atoms with Gasteiger partial charge in [-0.15, -0.1) is 0 Å². The molecule has 2 nitrogen and oxygen atoms in total. The van der Waals surface area contributed by atoms with E-state index >= 15 is 0 Å². The Hall–Kier alpha value is -0.500. The van der Waals surface area contributed by atoms with Crippen molar-refractivity contribution >= 4 is 0 Å². The van der Waals surface area contributed by atoms with Gasteiger partial charge in [0.2, 0.25) is 0 Å². The van der Waals surface area contributed by atoms with Gasteiger partial charge in [-0.2, -0.15) is 0 Å². The summed E-state index contributed by atoms with van der Waals surface area (Å²) in [6.07, 6.45) is 10.1. The van der Waals surface area contributed by atoms with E-state index in [1.54, 1.807) is 6.26 Å². The molecule has 0 radical (unpaired) electrons. The fraction of sp³-hybridized carbons (Fsp3) is 0.846. The summed E-state index contributed by atoms with van der Waals surface area (Å²) in [5.74, 6) is 1.65. The molecule has 0 heterocycles. The molecule has 2 bridgehead atoms. The summed E-state index contributed by atoms with van der Waals surface area (Å²) in [6, 6.07) is 0. The Labute approximate surface area is 92.3 Å². The second-order valence-corrected chi connectivity index (χ2v) is 5.25. The van der Waals surface area contributed by atoms with Gasteiger partial charge in [0.25, 0.3) is 0 Å². The first-order chi connectivity index (χ1) is 7.28. The predicted octanol–water partition coefficient (Wildman–Crippen LogP) is 2.87. The van der Waals surface area contributed by atoms with E-state index in [1.165, 1.54) is 25.7 Å². The van der Waals surface area contributed by atoms with E-state index in [1.807, 2.05) is 0 Å². The van der Waals surface area contributed by atoms with Gasteiger partial charge >= 0.3 is 0 Å². The van der Waals surface area contributed by atoms with Gasteiger partial charge in [0.1, 0.15) is 5.60 Å². The fourth-order valence-corrected chi connectivity index (χ4v) is 3.65. The van der Waals surface area contributed by atoms with Crippen molar-refractivity contribution in [2.24, 2.45) is 11.8 Å². The van der Waals surface area contributed by atoms with Crippen molar-refractivity contribution in [3.63, 3.8) is 0 Å². The van der Waals surface area contributed by atoms with E-state index in [-0.39, 0.29) is 12.2 Å². The third-order valence-electron chi connectivity index (χ3n) is 4.11. The minimum absolute atomic E-state index is 0.0928. The van der Waals surface area contributed by atoms with Crippen LogP contribution in [0.2, 0.25) is 0 Å². The summed E-state index contributed by atoms with van der Waals surface area (Å²) in [4.78, 5) is 0. The zero-order valence-electron chi connectivity index (χ0n) is 9.45. The number of hydrogen-bond acceptors (Lipinski definition) is 2. The first-order valence-electron chi connectivity index (χ1n) is 6.17. The lowest BCUT2D eigenvalue weighted by molar-refractivity contribution is -0.0738. The number of hydrogen-bond donors (Lipinski definition) is 1. The standard InChI is InChI=1S/C13H22O2/c1-2-15-13(6-7-14)9-11-4-3-5-12(8-11)10-13/h2,11-12,14H,1,3-10H2. The van der Waals surface area contributed by atoms with Gasteiger partial charge < -0.3 is 9.84 Å². The molecule has 2 unspecified atom stereocenters. The molecule has 86 valence electrons. The monoisotopic (exact) mass is 210 g/mol. The smallest absolute Gasteiger partial charge is 0.111 e. The highest BCUT2D eigenvalue weighted by Gasteiger charge is 2.42. The molecule has 15 heavy (non-hydrogen) atoms. The summed E-state index contributed by atoms with van der Waals surface area (Å²) in [5, 5.41) is 9.16. The van der Waals surface area contributed by atoms with Crippen molar-refractivity contribution in [3.05, 3.63) is 12.8 Å².